The van der Waals surface area contributed by atoms with Gasteiger partial charge in [-0.15, -0.1) is 0 Å². The zero-order valence-corrected chi connectivity index (χ0v) is 7.61. The second-order valence-electron chi connectivity index (χ2n) is 3.01. The quantitative estimate of drug-likeness (QED) is 0.821. The smallest absolute Gasteiger partial charge is 0.335 e. The van der Waals surface area contributed by atoms with Crippen molar-refractivity contribution < 1.29 is 18.7 Å². The first kappa shape index (κ1) is 9.45. The molecule has 4 heteroatoms. The number of furan rings is 1. The fourth-order valence-corrected chi connectivity index (χ4v) is 1.30. The lowest BCUT2D eigenvalue weighted by Gasteiger charge is -2.01. The van der Waals surface area contributed by atoms with E-state index in [1.54, 1.807) is 6.07 Å². The normalized spacial score (nSPS) is 10.2. The Hall–Kier alpha value is -2.10. The summed E-state index contributed by atoms with van der Waals surface area (Å²) in [7, 11) is 0. The Morgan fingerprint density at radius 3 is 2.73 bits per heavy atom. The van der Waals surface area contributed by atoms with Crippen molar-refractivity contribution in [2.45, 2.75) is 0 Å². The van der Waals surface area contributed by atoms with Gasteiger partial charge in [-0.05, 0) is 24.3 Å². The van der Waals surface area contributed by atoms with Crippen molar-refractivity contribution in [1.82, 2.24) is 0 Å². The molecule has 0 saturated carbocycles. The van der Waals surface area contributed by atoms with Crippen molar-refractivity contribution in [3.63, 3.8) is 0 Å². The molecule has 15 heavy (non-hydrogen) atoms. The molecule has 0 aliphatic carbocycles. The van der Waals surface area contributed by atoms with Gasteiger partial charge in [-0.1, -0.05) is 0 Å². The predicted octanol–water partition coefficient (Wildman–Crippen LogP) is 2.78. The van der Waals surface area contributed by atoms with E-state index in [0.717, 1.165) is 6.07 Å². The van der Waals surface area contributed by atoms with E-state index in [0.29, 0.717) is 5.56 Å². The van der Waals surface area contributed by atoms with Gasteiger partial charge in [0.1, 0.15) is 5.82 Å². The first-order chi connectivity index (χ1) is 7.18. The summed E-state index contributed by atoms with van der Waals surface area (Å²) in [5, 5.41) is 8.75. The maximum absolute atomic E-state index is 13.4. The number of carboxylic acids is 1. The number of halogens is 1. The van der Waals surface area contributed by atoms with Crippen LogP contribution in [0.15, 0.2) is 41.2 Å². The highest BCUT2D eigenvalue weighted by Crippen LogP contribution is 2.24. The summed E-state index contributed by atoms with van der Waals surface area (Å²) in [6.45, 7) is 0. The Kier molecular flexibility index (Phi) is 2.25. The Bertz CT molecular complexity index is 489. The van der Waals surface area contributed by atoms with Crippen molar-refractivity contribution in [2.24, 2.45) is 0 Å². The van der Waals surface area contributed by atoms with E-state index in [1.807, 2.05) is 0 Å². The third-order valence-electron chi connectivity index (χ3n) is 2.05. The van der Waals surface area contributed by atoms with Crippen LogP contribution in [-0.2, 0) is 0 Å². The third kappa shape index (κ3) is 1.74. The SMILES string of the molecule is O=C(O)c1ccc(F)c(-c2ccoc2)c1. The van der Waals surface area contributed by atoms with E-state index in [1.165, 1.54) is 24.7 Å². The van der Waals surface area contributed by atoms with Gasteiger partial charge in [0.15, 0.2) is 0 Å². The predicted molar refractivity (Wildman–Crippen MR) is 51.1 cm³/mol. The fourth-order valence-electron chi connectivity index (χ4n) is 1.30. The summed E-state index contributed by atoms with van der Waals surface area (Å²) in [5.41, 5.74) is 0.798. The minimum atomic E-state index is -1.08. The maximum atomic E-state index is 13.4. The van der Waals surface area contributed by atoms with E-state index in [-0.39, 0.29) is 11.1 Å². The van der Waals surface area contributed by atoms with Gasteiger partial charge in [0, 0.05) is 11.1 Å². The van der Waals surface area contributed by atoms with Crippen LogP contribution in [0, 0.1) is 5.82 Å². The molecule has 1 heterocycles. The van der Waals surface area contributed by atoms with Gasteiger partial charge in [-0.25, -0.2) is 9.18 Å². The Morgan fingerprint density at radius 1 is 1.33 bits per heavy atom. The number of aromatic carboxylic acids is 1. The molecule has 76 valence electrons. The lowest BCUT2D eigenvalue weighted by Crippen LogP contribution is -1.97. The van der Waals surface area contributed by atoms with Crippen LogP contribution in [0.2, 0.25) is 0 Å². The van der Waals surface area contributed by atoms with E-state index in [9.17, 15) is 9.18 Å². The van der Waals surface area contributed by atoms with Gasteiger partial charge < -0.3 is 9.52 Å². The Morgan fingerprint density at radius 2 is 2.13 bits per heavy atom. The van der Waals surface area contributed by atoms with E-state index in [4.69, 9.17) is 9.52 Å². The fraction of sp³-hybridized carbons (Fsp3) is 0. The molecule has 0 aliphatic heterocycles. The molecule has 3 nitrogen and oxygen atoms in total. The molecule has 1 N–H and O–H groups in total. The molecule has 1 aromatic heterocycles. The molecule has 0 radical (unpaired) electrons. The highest BCUT2D eigenvalue weighted by molar-refractivity contribution is 5.89. The number of carboxylic acid groups (broad SMARTS) is 1. The molecule has 1 aromatic carbocycles. The van der Waals surface area contributed by atoms with Gasteiger partial charge in [-0.2, -0.15) is 0 Å². The number of benzene rings is 1. The topological polar surface area (TPSA) is 50.4 Å². The van der Waals surface area contributed by atoms with Gasteiger partial charge in [-0.3, -0.25) is 0 Å². The highest BCUT2D eigenvalue weighted by atomic mass is 19.1. The van der Waals surface area contributed by atoms with E-state index < -0.39 is 11.8 Å². The van der Waals surface area contributed by atoms with Crippen LogP contribution in [0.3, 0.4) is 0 Å². The lowest BCUT2D eigenvalue weighted by molar-refractivity contribution is 0.0697. The third-order valence-corrected chi connectivity index (χ3v) is 2.05. The van der Waals surface area contributed by atoms with Crippen LogP contribution in [0.25, 0.3) is 11.1 Å². The van der Waals surface area contributed by atoms with Crippen LogP contribution in [0.1, 0.15) is 10.4 Å². The van der Waals surface area contributed by atoms with Gasteiger partial charge in [0.05, 0.1) is 18.1 Å². The second kappa shape index (κ2) is 3.57. The zero-order chi connectivity index (χ0) is 10.8. The molecule has 2 aromatic rings. The summed E-state index contributed by atoms with van der Waals surface area (Å²) >= 11 is 0. The van der Waals surface area contributed by atoms with Crippen molar-refractivity contribution in [1.29, 1.82) is 0 Å². The minimum Gasteiger partial charge on any atom is -0.478 e. The Labute approximate surface area is 84.8 Å². The number of hydrogen-bond acceptors (Lipinski definition) is 2. The number of rotatable bonds is 2. The molecule has 0 fully saturated rings. The molecule has 0 spiro atoms. The van der Waals surface area contributed by atoms with E-state index in [2.05, 4.69) is 0 Å². The summed E-state index contributed by atoms with van der Waals surface area (Å²) in [6, 6.07) is 5.21. The van der Waals surface area contributed by atoms with Crippen molar-refractivity contribution in [3.05, 3.63) is 48.2 Å². The molecule has 0 amide bonds. The highest BCUT2D eigenvalue weighted by Gasteiger charge is 2.10. The maximum Gasteiger partial charge on any atom is 0.335 e. The molecule has 2 rings (SSSR count). The summed E-state index contributed by atoms with van der Waals surface area (Å²) in [4.78, 5) is 10.7. The van der Waals surface area contributed by atoms with Gasteiger partial charge in [0.2, 0.25) is 0 Å². The first-order valence-electron chi connectivity index (χ1n) is 4.24. The number of hydrogen-bond donors (Lipinski definition) is 1. The van der Waals surface area contributed by atoms with Crippen molar-refractivity contribution >= 4 is 5.97 Å². The largest absolute Gasteiger partial charge is 0.478 e. The van der Waals surface area contributed by atoms with Crippen LogP contribution in [-0.4, -0.2) is 11.1 Å². The lowest BCUT2D eigenvalue weighted by atomic mass is 10.1. The number of carbonyl (C=O) groups is 1. The second-order valence-corrected chi connectivity index (χ2v) is 3.01. The van der Waals surface area contributed by atoms with Gasteiger partial charge in [0.25, 0.3) is 0 Å². The van der Waals surface area contributed by atoms with Crippen molar-refractivity contribution in [3.8, 4) is 11.1 Å². The summed E-state index contributed by atoms with van der Waals surface area (Å²) in [6.07, 6.45) is 2.77. The Balaban J connectivity index is 2.55. The minimum absolute atomic E-state index is 0.0487. The standard InChI is InChI=1S/C11H7FO3/c12-10-2-1-7(11(13)14)5-9(10)8-3-4-15-6-8/h1-6H,(H,13,14). The first-order valence-corrected chi connectivity index (χ1v) is 4.24. The van der Waals surface area contributed by atoms with Crippen LogP contribution in [0.5, 0.6) is 0 Å². The molecule has 0 unspecified atom stereocenters. The summed E-state index contributed by atoms with van der Waals surface area (Å²) in [5.74, 6) is -1.55. The van der Waals surface area contributed by atoms with Crippen LogP contribution >= 0.6 is 0 Å². The molecular formula is C11H7FO3. The monoisotopic (exact) mass is 206 g/mol. The van der Waals surface area contributed by atoms with E-state index >= 15 is 0 Å². The zero-order valence-electron chi connectivity index (χ0n) is 7.61. The summed E-state index contributed by atoms with van der Waals surface area (Å²) < 4.78 is 18.2. The molecule has 0 saturated heterocycles. The van der Waals surface area contributed by atoms with Crippen molar-refractivity contribution in [2.75, 3.05) is 0 Å². The molecular weight excluding hydrogens is 199 g/mol. The molecule has 0 atom stereocenters. The average molecular weight is 206 g/mol. The molecule has 0 bridgehead atoms. The van der Waals surface area contributed by atoms with Gasteiger partial charge >= 0.3 is 5.97 Å². The average Bonchev–Trinajstić information content (AvgIpc) is 2.71. The van der Waals surface area contributed by atoms with Crippen LogP contribution < -0.4 is 0 Å². The van der Waals surface area contributed by atoms with Crippen LogP contribution in [0.4, 0.5) is 4.39 Å². The molecule has 0 aliphatic rings.